The van der Waals surface area contributed by atoms with Crippen LogP contribution >= 0.6 is 11.6 Å². The number of nitrogens with one attached hydrogen (secondary N) is 2. The van der Waals surface area contributed by atoms with E-state index in [1.54, 1.807) is 37.6 Å². The number of aromatic nitrogens is 4. The number of benzene rings is 1. The summed E-state index contributed by atoms with van der Waals surface area (Å²) in [6, 6.07) is 9.04. The standard InChI is InChI=1S/C14H12ClN5O/c1-20-12(13(21)18-14-16-5-6-17-14)8-11(19-20)9-3-2-4-10(15)7-9/h2-8H,1H3,(H2,16,17,18,21). The topological polar surface area (TPSA) is 75.6 Å². The van der Waals surface area contributed by atoms with Crippen LogP contribution in [0.5, 0.6) is 0 Å². The molecule has 1 amide bonds. The van der Waals surface area contributed by atoms with Crippen molar-refractivity contribution in [3.8, 4) is 11.3 Å². The predicted molar refractivity (Wildman–Crippen MR) is 80.2 cm³/mol. The van der Waals surface area contributed by atoms with E-state index in [0.29, 0.717) is 22.4 Å². The van der Waals surface area contributed by atoms with Gasteiger partial charge in [-0.2, -0.15) is 5.10 Å². The smallest absolute Gasteiger partial charge is 0.276 e. The lowest BCUT2D eigenvalue weighted by Gasteiger charge is -2.01. The van der Waals surface area contributed by atoms with Gasteiger partial charge in [-0.05, 0) is 18.2 Å². The molecule has 2 heterocycles. The summed E-state index contributed by atoms with van der Waals surface area (Å²) in [4.78, 5) is 19.0. The number of carbonyl (C=O) groups is 1. The fourth-order valence-corrected chi connectivity index (χ4v) is 2.16. The molecule has 0 unspecified atom stereocenters. The number of rotatable bonds is 3. The number of aromatic amines is 1. The van der Waals surface area contributed by atoms with Crippen LogP contribution in [0.1, 0.15) is 10.5 Å². The van der Waals surface area contributed by atoms with Crippen LogP contribution < -0.4 is 5.32 Å². The van der Waals surface area contributed by atoms with Crippen LogP contribution in [0.15, 0.2) is 42.7 Å². The van der Waals surface area contributed by atoms with Gasteiger partial charge in [-0.1, -0.05) is 23.7 Å². The van der Waals surface area contributed by atoms with E-state index in [0.717, 1.165) is 5.56 Å². The zero-order chi connectivity index (χ0) is 14.8. The van der Waals surface area contributed by atoms with Crippen LogP contribution in [0, 0.1) is 0 Å². The molecular formula is C14H12ClN5O. The molecule has 0 radical (unpaired) electrons. The molecule has 1 aromatic carbocycles. The van der Waals surface area contributed by atoms with Crippen molar-refractivity contribution >= 4 is 23.5 Å². The van der Waals surface area contributed by atoms with E-state index in [-0.39, 0.29) is 5.91 Å². The Morgan fingerprint density at radius 3 is 2.95 bits per heavy atom. The second-order valence-electron chi connectivity index (χ2n) is 4.44. The van der Waals surface area contributed by atoms with Crippen LogP contribution in [-0.2, 0) is 7.05 Å². The summed E-state index contributed by atoms with van der Waals surface area (Å²) in [5.41, 5.74) is 1.97. The van der Waals surface area contributed by atoms with Gasteiger partial charge in [-0.15, -0.1) is 0 Å². The average Bonchev–Trinajstić information content (AvgIpc) is 3.08. The van der Waals surface area contributed by atoms with Crippen molar-refractivity contribution in [2.45, 2.75) is 0 Å². The monoisotopic (exact) mass is 301 g/mol. The first-order valence-corrected chi connectivity index (χ1v) is 6.62. The summed E-state index contributed by atoms with van der Waals surface area (Å²) < 4.78 is 1.52. The van der Waals surface area contributed by atoms with E-state index in [1.807, 2.05) is 12.1 Å². The highest BCUT2D eigenvalue weighted by atomic mass is 35.5. The largest absolute Gasteiger partial charge is 0.331 e. The SMILES string of the molecule is Cn1nc(-c2cccc(Cl)c2)cc1C(=O)Nc1ncc[nH]1. The molecule has 2 aromatic heterocycles. The molecule has 0 fully saturated rings. The third-order valence-corrected chi connectivity index (χ3v) is 3.20. The maximum atomic E-state index is 12.2. The Morgan fingerprint density at radius 2 is 2.24 bits per heavy atom. The summed E-state index contributed by atoms with van der Waals surface area (Å²) in [6.07, 6.45) is 3.20. The molecule has 0 bridgehead atoms. The Balaban J connectivity index is 1.89. The van der Waals surface area contributed by atoms with Crippen molar-refractivity contribution in [2.24, 2.45) is 7.05 Å². The van der Waals surface area contributed by atoms with E-state index in [1.165, 1.54) is 4.68 Å². The first-order chi connectivity index (χ1) is 10.1. The number of halogens is 1. The molecule has 0 aliphatic rings. The quantitative estimate of drug-likeness (QED) is 0.781. The van der Waals surface area contributed by atoms with Crippen molar-refractivity contribution in [3.63, 3.8) is 0 Å². The number of hydrogen-bond donors (Lipinski definition) is 2. The summed E-state index contributed by atoms with van der Waals surface area (Å²) in [7, 11) is 1.71. The molecule has 0 atom stereocenters. The lowest BCUT2D eigenvalue weighted by atomic mass is 10.1. The summed E-state index contributed by atoms with van der Waals surface area (Å²) >= 11 is 5.97. The van der Waals surface area contributed by atoms with Crippen molar-refractivity contribution in [1.82, 2.24) is 19.7 Å². The maximum absolute atomic E-state index is 12.2. The molecule has 3 aromatic rings. The fourth-order valence-electron chi connectivity index (χ4n) is 1.97. The van der Waals surface area contributed by atoms with Crippen molar-refractivity contribution in [1.29, 1.82) is 0 Å². The minimum atomic E-state index is -0.284. The van der Waals surface area contributed by atoms with Crippen LogP contribution in [0.25, 0.3) is 11.3 Å². The average molecular weight is 302 g/mol. The zero-order valence-corrected chi connectivity index (χ0v) is 11.9. The van der Waals surface area contributed by atoms with Gasteiger partial charge in [-0.3, -0.25) is 14.8 Å². The van der Waals surface area contributed by atoms with Gasteiger partial charge in [0.25, 0.3) is 5.91 Å². The Morgan fingerprint density at radius 1 is 1.38 bits per heavy atom. The van der Waals surface area contributed by atoms with Crippen molar-refractivity contribution < 1.29 is 4.79 Å². The number of imidazole rings is 1. The Bertz CT molecular complexity index is 779. The number of hydrogen-bond acceptors (Lipinski definition) is 3. The van der Waals surface area contributed by atoms with Crippen LogP contribution in [0.3, 0.4) is 0 Å². The summed E-state index contributed by atoms with van der Waals surface area (Å²) in [5.74, 6) is 0.110. The van der Waals surface area contributed by atoms with Crippen LogP contribution in [0.2, 0.25) is 5.02 Å². The minimum absolute atomic E-state index is 0.284. The Hall–Kier alpha value is -2.60. The molecule has 6 nitrogen and oxygen atoms in total. The lowest BCUT2D eigenvalue weighted by Crippen LogP contribution is -2.16. The molecule has 0 aliphatic carbocycles. The number of carbonyl (C=O) groups excluding carboxylic acids is 1. The van der Waals surface area contributed by atoms with Gasteiger partial charge in [0.15, 0.2) is 0 Å². The van der Waals surface area contributed by atoms with Gasteiger partial charge in [-0.25, -0.2) is 4.98 Å². The number of anilines is 1. The fraction of sp³-hybridized carbons (Fsp3) is 0.0714. The van der Waals surface area contributed by atoms with Gasteiger partial charge in [0.2, 0.25) is 5.95 Å². The van der Waals surface area contributed by atoms with E-state index in [9.17, 15) is 4.79 Å². The van der Waals surface area contributed by atoms with Gasteiger partial charge < -0.3 is 4.98 Å². The second-order valence-corrected chi connectivity index (χ2v) is 4.88. The van der Waals surface area contributed by atoms with Gasteiger partial charge >= 0.3 is 0 Å². The molecule has 106 valence electrons. The highest BCUT2D eigenvalue weighted by molar-refractivity contribution is 6.30. The molecule has 21 heavy (non-hydrogen) atoms. The van der Waals surface area contributed by atoms with E-state index in [2.05, 4.69) is 20.4 Å². The Kier molecular flexibility index (Phi) is 3.45. The Labute approximate surface area is 125 Å². The van der Waals surface area contributed by atoms with Crippen LogP contribution in [0.4, 0.5) is 5.95 Å². The molecule has 0 spiro atoms. The van der Waals surface area contributed by atoms with Gasteiger partial charge in [0.05, 0.1) is 5.69 Å². The van der Waals surface area contributed by atoms with Gasteiger partial charge in [0.1, 0.15) is 5.69 Å². The molecular weight excluding hydrogens is 290 g/mol. The molecule has 3 rings (SSSR count). The third kappa shape index (κ3) is 2.80. The maximum Gasteiger partial charge on any atom is 0.276 e. The molecule has 0 saturated carbocycles. The predicted octanol–water partition coefficient (Wildman–Crippen LogP) is 2.72. The molecule has 2 N–H and O–H groups in total. The first-order valence-electron chi connectivity index (χ1n) is 6.24. The van der Waals surface area contributed by atoms with Crippen molar-refractivity contribution in [3.05, 3.63) is 53.4 Å². The van der Waals surface area contributed by atoms with E-state index >= 15 is 0 Å². The van der Waals surface area contributed by atoms with E-state index < -0.39 is 0 Å². The second kappa shape index (κ2) is 5.41. The third-order valence-electron chi connectivity index (χ3n) is 2.96. The highest BCUT2D eigenvalue weighted by Crippen LogP contribution is 2.22. The lowest BCUT2D eigenvalue weighted by molar-refractivity contribution is 0.101. The number of aryl methyl sites for hydroxylation is 1. The van der Waals surface area contributed by atoms with Crippen LogP contribution in [-0.4, -0.2) is 25.7 Å². The molecule has 7 heteroatoms. The number of amides is 1. The van der Waals surface area contributed by atoms with Crippen molar-refractivity contribution in [2.75, 3.05) is 5.32 Å². The normalized spacial score (nSPS) is 10.6. The number of H-pyrrole nitrogens is 1. The summed E-state index contributed by atoms with van der Waals surface area (Å²) in [6.45, 7) is 0. The van der Waals surface area contributed by atoms with Gasteiger partial charge in [0, 0.05) is 30.0 Å². The number of nitrogens with zero attached hydrogens (tertiary/aromatic N) is 3. The molecule has 0 saturated heterocycles. The highest BCUT2D eigenvalue weighted by Gasteiger charge is 2.15. The zero-order valence-electron chi connectivity index (χ0n) is 11.2. The minimum Gasteiger partial charge on any atom is -0.331 e. The summed E-state index contributed by atoms with van der Waals surface area (Å²) in [5, 5.41) is 7.63. The first kappa shape index (κ1) is 13.4. The van der Waals surface area contributed by atoms with E-state index in [4.69, 9.17) is 11.6 Å². The molecule has 0 aliphatic heterocycles.